The van der Waals surface area contributed by atoms with Crippen LogP contribution in [-0.4, -0.2) is 46.7 Å². The molecule has 0 radical (unpaired) electrons. The minimum atomic E-state index is -0.824. The predicted molar refractivity (Wildman–Crippen MR) is 152 cm³/mol. The van der Waals surface area contributed by atoms with E-state index in [0.717, 1.165) is 12.8 Å². The van der Waals surface area contributed by atoms with E-state index in [1.807, 2.05) is 52.0 Å². The molecule has 1 fully saturated rings. The maximum Gasteiger partial charge on any atom is 0.404 e. The summed E-state index contributed by atoms with van der Waals surface area (Å²) in [6.07, 6.45) is 10.5. The largest absolute Gasteiger partial charge is 0.462 e. The lowest BCUT2D eigenvalue weighted by molar-refractivity contribution is -0.142. The molecule has 0 saturated carbocycles. The maximum atomic E-state index is 11.5. The van der Waals surface area contributed by atoms with E-state index in [9.17, 15) is 19.8 Å². The zero-order valence-electron chi connectivity index (χ0n) is 24.8. The van der Waals surface area contributed by atoms with E-state index < -0.39 is 24.4 Å². The van der Waals surface area contributed by atoms with Gasteiger partial charge in [0.2, 0.25) is 0 Å². The topological polar surface area (TPSA) is 119 Å². The molecule has 1 aliphatic rings. The van der Waals surface area contributed by atoms with Crippen LogP contribution in [0.4, 0.5) is 4.79 Å². The van der Waals surface area contributed by atoms with Gasteiger partial charge >= 0.3 is 12.1 Å². The van der Waals surface area contributed by atoms with Gasteiger partial charge in [-0.3, -0.25) is 4.79 Å². The van der Waals surface area contributed by atoms with Gasteiger partial charge < -0.3 is 25.4 Å². The molecule has 1 amide bonds. The van der Waals surface area contributed by atoms with Crippen molar-refractivity contribution in [2.24, 2.45) is 41.2 Å². The molecule has 0 aliphatic carbocycles. The summed E-state index contributed by atoms with van der Waals surface area (Å²) in [7, 11) is 0. The number of aliphatic hydroxyl groups is 2. The van der Waals surface area contributed by atoms with E-state index in [1.165, 1.54) is 5.57 Å². The van der Waals surface area contributed by atoms with Crippen molar-refractivity contribution in [3.05, 3.63) is 36.0 Å². The number of esters is 1. The number of hydrogen-bond acceptors (Lipinski definition) is 6. The van der Waals surface area contributed by atoms with Crippen LogP contribution in [0.5, 0.6) is 0 Å². The second-order valence-electron chi connectivity index (χ2n) is 11.6. The number of allylic oxidation sites excluding steroid dienone is 4. The summed E-state index contributed by atoms with van der Waals surface area (Å²) in [5.74, 6) is 0.355. The van der Waals surface area contributed by atoms with Gasteiger partial charge in [-0.2, -0.15) is 0 Å². The zero-order valence-corrected chi connectivity index (χ0v) is 24.8. The van der Waals surface area contributed by atoms with Crippen molar-refractivity contribution in [1.29, 1.82) is 0 Å². The fraction of sp³-hybridized carbons (Fsp3) is 0.742. The molecule has 1 heterocycles. The molecule has 0 bridgehead atoms. The molecule has 0 unspecified atom stereocenters. The first-order valence-corrected chi connectivity index (χ1v) is 14.3. The fourth-order valence-electron chi connectivity index (χ4n) is 5.35. The Balaban J connectivity index is 2.70. The SMILES string of the molecule is CC/C=C\[C@H](C)[C@H](OC(N)=O)[C@@H](C)[C@H](O)[C@@H](C)C/C(C)=C\[C@H](C)[C@@H](C)[C@@H](C)/C=C\[C@@H](O)C[C@H]1CCC(=O)O1. The van der Waals surface area contributed by atoms with E-state index in [4.69, 9.17) is 15.2 Å². The molecular weight excluding hydrogens is 482 g/mol. The summed E-state index contributed by atoms with van der Waals surface area (Å²) in [6.45, 7) is 16.6. The molecular formula is C31H53NO6. The average molecular weight is 536 g/mol. The highest BCUT2D eigenvalue weighted by Crippen LogP contribution is 2.30. The molecule has 0 aromatic carbocycles. The third-order valence-corrected chi connectivity index (χ3v) is 8.05. The van der Waals surface area contributed by atoms with Crippen molar-refractivity contribution in [3.63, 3.8) is 0 Å². The highest BCUT2D eigenvalue weighted by atomic mass is 16.6. The summed E-state index contributed by atoms with van der Waals surface area (Å²) < 4.78 is 10.6. The van der Waals surface area contributed by atoms with Gasteiger partial charge in [-0.15, -0.1) is 0 Å². The molecule has 7 heteroatoms. The molecule has 0 aromatic heterocycles. The molecule has 218 valence electrons. The number of aliphatic hydroxyl groups excluding tert-OH is 2. The Hall–Kier alpha value is -2.12. The number of hydrogen-bond donors (Lipinski definition) is 3. The van der Waals surface area contributed by atoms with E-state index in [1.54, 1.807) is 0 Å². The summed E-state index contributed by atoms with van der Waals surface area (Å²) in [5.41, 5.74) is 6.53. The van der Waals surface area contributed by atoms with Crippen LogP contribution >= 0.6 is 0 Å². The van der Waals surface area contributed by atoms with Crippen LogP contribution < -0.4 is 5.73 Å². The van der Waals surface area contributed by atoms with E-state index >= 15 is 0 Å². The summed E-state index contributed by atoms with van der Waals surface area (Å²) in [4.78, 5) is 22.8. The average Bonchev–Trinajstić information content (AvgIpc) is 3.26. The molecule has 7 nitrogen and oxygen atoms in total. The van der Waals surface area contributed by atoms with Crippen LogP contribution in [0, 0.1) is 35.5 Å². The van der Waals surface area contributed by atoms with Crippen LogP contribution in [-0.2, 0) is 14.3 Å². The van der Waals surface area contributed by atoms with Crippen LogP contribution in [0.2, 0.25) is 0 Å². The summed E-state index contributed by atoms with van der Waals surface area (Å²) in [6, 6.07) is 0. The molecule has 1 aliphatic heterocycles. The molecule has 38 heavy (non-hydrogen) atoms. The number of rotatable bonds is 16. The van der Waals surface area contributed by atoms with Gasteiger partial charge in [-0.05, 0) is 49.9 Å². The Morgan fingerprint density at radius 2 is 1.71 bits per heavy atom. The van der Waals surface area contributed by atoms with Crippen molar-refractivity contribution < 1.29 is 29.3 Å². The minimum absolute atomic E-state index is 0.0257. The lowest BCUT2D eigenvalue weighted by Gasteiger charge is -2.33. The van der Waals surface area contributed by atoms with Crippen molar-refractivity contribution in [2.75, 3.05) is 0 Å². The minimum Gasteiger partial charge on any atom is -0.462 e. The number of cyclic esters (lactones) is 1. The van der Waals surface area contributed by atoms with Gasteiger partial charge in [0.1, 0.15) is 12.2 Å². The third kappa shape index (κ3) is 11.7. The normalized spacial score (nSPS) is 23.9. The quantitative estimate of drug-likeness (QED) is 0.166. The molecule has 1 saturated heterocycles. The van der Waals surface area contributed by atoms with E-state index in [-0.39, 0.29) is 35.7 Å². The molecule has 10 atom stereocenters. The van der Waals surface area contributed by atoms with Crippen LogP contribution in [0.1, 0.15) is 87.5 Å². The standard InChI is InChI=1S/C31H53NO6/c1-9-10-11-21(4)30(38-31(32)36)25(8)29(35)23(6)17-19(2)16-22(5)24(7)20(3)12-13-26(33)18-27-14-15-28(34)37-27/h10-13,16,20-27,29-30,33,35H,9,14-15,17-18H2,1-8H3,(H2,32,36)/b11-10-,13-12-,19-16-/t20-,21-,22-,23-,24-,25-,26+,27+,29+,30-/m0/s1. The predicted octanol–water partition coefficient (Wildman–Crippen LogP) is 5.94. The third-order valence-electron chi connectivity index (χ3n) is 8.05. The zero-order chi connectivity index (χ0) is 29.0. The smallest absolute Gasteiger partial charge is 0.404 e. The van der Waals surface area contributed by atoms with E-state index in [2.05, 4.69) is 33.8 Å². The monoisotopic (exact) mass is 535 g/mol. The maximum absolute atomic E-state index is 11.5. The van der Waals surface area contributed by atoms with Gasteiger partial charge in [0, 0.05) is 24.7 Å². The summed E-state index contributed by atoms with van der Waals surface area (Å²) in [5, 5.41) is 21.4. The Labute approximate surface area is 230 Å². The summed E-state index contributed by atoms with van der Waals surface area (Å²) >= 11 is 0. The number of ether oxygens (including phenoxy) is 2. The Bertz CT molecular complexity index is 821. The van der Waals surface area contributed by atoms with Gasteiger partial charge in [0.05, 0.1) is 12.2 Å². The van der Waals surface area contributed by atoms with Gasteiger partial charge in [-0.1, -0.05) is 84.4 Å². The number of carbonyl (C=O) groups is 2. The first kappa shape index (κ1) is 33.9. The molecule has 1 rings (SSSR count). The van der Waals surface area contributed by atoms with Gasteiger partial charge in [0.25, 0.3) is 0 Å². The molecule has 0 spiro atoms. The number of amides is 1. The first-order valence-electron chi connectivity index (χ1n) is 14.3. The van der Waals surface area contributed by atoms with Gasteiger partial charge in [-0.25, -0.2) is 4.79 Å². The van der Waals surface area contributed by atoms with Crippen molar-refractivity contribution >= 4 is 12.1 Å². The Kier molecular flexibility index (Phi) is 15.0. The first-order chi connectivity index (χ1) is 17.8. The van der Waals surface area contributed by atoms with Crippen LogP contribution in [0.15, 0.2) is 36.0 Å². The van der Waals surface area contributed by atoms with Crippen LogP contribution in [0.25, 0.3) is 0 Å². The Morgan fingerprint density at radius 3 is 2.26 bits per heavy atom. The molecule has 0 aromatic rings. The fourth-order valence-corrected chi connectivity index (χ4v) is 5.35. The Morgan fingerprint density at radius 1 is 1.05 bits per heavy atom. The van der Waals surface area contributed by atoms with Gasteiger partial charge in [0.15, 0.2) is 0 Å². The second-order valence-corrected chi connectivity index (χ2v) is 11.6. The lowest BCUT2D eigenvalue weighted by Crippen LogP contribution is -2.41. The highest BCUT2D eigenvalue weighted by molar-refractivity contribution is 5.71. The van der Waals surface area contributed by atoms with E-state index in [0.29, 0.717) is 31.1 Å². The number of nitrogens with two attached hydrogens (primary N) is 1. The van der Waals surface area contributed by atoms with Crippen molar-refractivity contribution in [1.82, 2.24) is 0 Å². The highest BCUT2D eigenvalue weighted by Gasteiger charge is 2.33. The molecule has 4 N–H and O–H groups in total. The van der Waals surface area contributed by atoms with Crippen molar-refractivity contribution in [3.8, 4) is 0 Å². The number of carbonyl (C=O) groups excluding carboxylic acids is 2. The number of primary amides is 1. The lowest BCUT2D eigenvalue weighted by atomic mass is 9.80. The van der Waals surface area contributed by atoms with Crippen molar-refractivity contribution in [2.45, 2.75) is 112 Å². The van der Waals surface area contributed by atoms with Crippen LogP contribution in [0.3, 0.4) is 0 Å². The second kappa shape index (κ2) is 16.8.